The number of carbonyl (C=O) groups is 1. The molecule has 0 saturated carbocycles. The number of carboxylic acid groups (broad SMARTS) is 1. The molecule has 19 heavy (non-hydrogen) atoms. The number of rotatable bonds is 8. The minimum Gasteiger partial charge on any atom is -0.481 e. The standard InChI is InChI=1S/C12H21N3O2S2/c1-5-12(6-2,18-4)8-15-9(3)13-14-11(15)19-7-10(16)17/h5-8H2,1-4H3,(H,16,17). The number of aliphatic carboxylic acids is 1. The number of thioether (sulfide) groups is 2. The molecule has 5 nitrogen and oxygen atoms in total. The fraction of sp³-hybridized carbons (Fsp3) is 0.750. The monoisotopic (exact) mass is 303 g/mol. The Morgan fingerprint density at radius 3 is 2.47 bits per heavy atom. The lowest BCUT2D eigenvalue weighted by atomic mass is 10.0. The van der Waals surface area contributed by atoms with Crippen molar-refractivity contribution in [3.8, 4) is 0 Å². The third kappa shape index (κ3) is 4.14. The van der Waals surface area contributed by atoms with Gasteiger partial charge in [0.05, 0.1) is 5.75 Å². The highest BCUT2D eigenvalue weighted by Gasteiger charge is 2.27. The minimum atomic E-state index is -0.834. The van der Waals surface area contributed by atoms with Crippen molar-refractivity contribution in [1.29, 1.82) is 0 Å². The van der Waals surface area contributed by atoms with Crippen LogP contribution in [0, 0.1) is 6.92 Å². The number of aromatic nitrogens is 3. The van der Waals surface area contributed by atoms with Crippen LogP contribution in [0.15, 0.2) is 5.16 Å². The maximum absolute atomic E-state index is 10.7. The van der Waals surface area contributed by atoms with E-state index >= 15 is 0 Å². The number of hydrogen-bond acceptors (Lipinski definition) is 5. The van der Waals surface area contributed by atoms with Gasteiger partial charge in [-0.3, -0.25) is 4.79 Å². The molecular formula is C12H21N3O2S2. The summed E-state index contributed by atoms with van der Waals surface area (Å²) < 4.78 is 2.20. The van der Waals surface area contributed by atoms with Gasteiger partial charge < -0.3 is 9.67 Å². The van der Waals surface area contributed by atoms with Gasteiger partial charge >= 0.3 is 5.97 Å². The zero-order valence-electron chi connectivity index (χ0n) is 11.8. The van der Waals surface area contributed by atoms with E-state index in [1.807, 2.05) is 23.3 Å². The van der Waals surface area contributed by atoms with Crippen LogP contribution in [0.1, 0.15) is 32.5 Å². The summed E-state index contributed by atoms with van der Waals surface area (Å²) in [5.41, 5.74) is 0. The Hall–Kier alpha value is -0.690. The molecule has 1 heterocycles. The molecule has 0 aliphatic carbocycles. The fourth-order valence-corrected chi connectivity index (χ4v) is 3.43. The third-order valence-electron chi connectivity index (χ3n) is 3.39. The number of aryl methyl sites for hydroxylation is 1. The van der Waals surface area contributed by atoms with Crippen molar-refractivity contribution in [2.75, 3.05) is 12.0 Å². The van der Waals surface area contributed by atoms with Crippen LogP contribution >= 0.6 is 23.5 Å². The second-order valence-electron chi connectivity index (χ2n) is 4.39. The van der Waals surface area contributed by atoms with Crippen molar-refractivity contribution in [3.63, 3.8) is 0 Å². The van der Waals surface area contributed by atoms with E-state index in [4.69, 9.17) is 5.11 Å². The highest BCUT2D eigenvalue weighted by Crippen LogP contribution is 2.33. The van der Waals surface area contributed by atoms with Gasteiger partial charge in [-0.2, -0.15) is 11.8 Å². The maximum atomic E-state index is 10.7. The summed E-state index contributed by atoms with van der Waals surface area (Å²) in [6.45, 7) is 7.10. The summed E-state index contributed by atoms with van der Waals surface area (Å²) in [4.78, 5) is 10.7. The second-order valence-corrected chi connectivity index (χ2v) is 6.61. The smallest absolute Gasteiger partial charge is 0.313 e. The Morgan fingerprint density at radius 2 is 2.00 bits per heavy atom. The Bertz CT molecular complexity index is 422. The van der Waals surface area contributed by atoms with E-state index in [2.05, 4.69) is 30.3 Å². The number of carboxylic acids is 1. The largest absolute Gasteiger partial charge is 0.481 e. The number of nitrogens with zero attached hydrogens (tertiary/aromatic N) is 3. The highest BCUT2D eigenvalue weighted by atomic mass is 32.2. The first kappa shape index (κ1) is 16.4. The average molecular weight is 303 g/mol. The molecule has 1 aromatic heterocycles. The first-order valence-electron chi connectivity index (χ1n) is 6.27. The summed E-state index contributed by atoms with van der Waals surface area (Å²) in [6.07, 6.45) is 4.24. The molecule has 0 unspecified atom stereocenters. The van der Waals surface area contributed by atoms with Crippen LogP contribution in [0.3, 0.4) is 0 Å². The molecule has 0 aliphatic heterocycles. The zero-order chi connectivity index (χ0) is 14.5. The topological polar surface area (TPSA) is 68.0 Å². The van der Waals surface area contributed by atoms with Crippen LogP contribution in [0.2, 0.25) is 0 Å². The molecule has 1 rings (SSSR count). The number of hydrogen-bond donors (Lipinski definition) is 1. The average Bonchev–Trinajstić information content (AvgIpc) is 2.74. The van der Waals surface area contributed by atoms with Crippen LogP contribution in [-0.2, 0) is 11.3 Å². The molecule has 0 radical (unpaired) electrons. The lowest BCUT2D eigenvalue weighted by Gasteiger charge is -2.30. The molecule has 108 valence electrons. The molecule has 0 aliphatic rings. The van der Waals surface area contributed by atoms with Gasteiger partial charge in [-0.05, 0) is 26.0 Å². The summed E-state index contributed by atoms with van der Waals surface area (Å²) in [7, 11) is 0. The molecule has 0 bridgehead atoms. The van der Waals surface area contributed by atoms with E-state index in [-0.39, 0.29) is 10.5 Å². The van der Waals surface area contributed by atoms with Gasteiger partial charge in [-0.25, -0.2) is 0 Å². The Morgan fingerprint density at radius 1 is 1.37 bits per heavy atom. The normalized spacial score (nSPS) is 11.8. The van der Waals surface area contributed by atoms with Gasteiger partial charge in [0.2, 0.25) is 0 Å². The second kappa shape index (κ2) is 7.19. The molecule has 1 aromatic rings. The lowest BCUT2D eigenvalue weighted by Crippen LogP contribution is -2.29. The summed E-state index contributed by atoms with van der Waals surface area (Å²) >= 11 is 3.08. The van der Waals surface area contributed by atoms with Crippen molar-refractivity contribution in [2.45, 2.75) is 50.1 Å². The minimum absolute atomic E-state index is 0.0165. The molecule has 0 atom stereocenters. The van der Waals surface area contributed by atoms with Crippen molar-refractivity contribution < 1.29 is 9.90 Å². The highest BCUT2D eigenvalue weighted by molar-refractivity contribution is 8.00. The fourth-order valence-electron chi connectivity index (χ4n) is 1.89. The van der Waals surface area contributed by atoms with E-state index in [0.717, 1.165) is 25.2 Å². The molecule has 0 aromatic carbocycles. The van der Waals surface area contributed by atoms with Crippen LogP contribution in [0.5, 0.6) is 0 Å². The van der Waals surface area contributed by atoms with Gasteiger partial charge in [0.1, 0.15) is 5.82 Å². The Labute approximate surface area is 122 Å². The van der Waals surface area contributed by atoms with Gasteiger partial charge in [0.25, 0.3) is 0 Å². The van der Waals surface area contributed by atoms with Gasteiger partial charge in [-0.15, -0.1) is 10.2 Å². The first-order chi connectivity index (χ1) is 8.98. The van der Waals surface area contributed by atoms with Crippen molar-refractivity contribution in [2.24, 2.45) is 0 Å². The van der Waals surface area contributed by atoms with Crippen LogP contribution in [-0.4, -0.2) is 42.6 Å². The van der Waals surface area contributed by atoms with Crippen LogP contribution in [0.4, 0.5) is 0 Å². The summed E-state index contributed by atoms with van der Waals surface area (Å²) in [5, 5.41) is 17.6. The van der Waals surface area contributed by atoms with Crippen LogP contribution in [0.25, 0.3) is 0 Å². The summed E-state index contributed by atoms with van der Waals surface area (Å²) in [6, 6.07) is 0. The Balaban J connectivity index is 2.92. The molecule has 0 spiro atoms. The van der Waals surface area contributed by atoms with E-state index in [9.17, 15) is 4.79 Å². The Kier molecular flexibility index (Phi) is 6.19. The molecule has 1 N–H and O–H groups in total. The maximum Gasteiger partial charge on any atom is 0.313 e. The van der Waals surface area contributed by atoms with Gasteiger partial charge in [0.15, 0.2) is 5.16 Å². The van der Waals surface area contributed by atoms with Crippen molar-refractivity contribution >= 4 is 29.5 Å². The van der Waals surface area contributed by atoms with E-state index in [1.54, 1.807) is 0 Å². The molecular weight excluding hydrogens is 282 g/mol. The lowest BCUT2D eigenvalue weighted by molar-refractivity contribution is -0.133. The van der Waals surface area contributed by atoms with E-state index < -0.39 is 5.97 Å². The molecule has 7 heteroatoms. The molecule has 0 fully saturated rings. The molecule has 0 saturated heterocycles. The van der Waals surface area contributed by atoms with E-state index in [0.29, 0.717) is 5.16 Å². The third-order valence-corrected chi connectivity index (χ3v) is 5.92. The molecule has 0 amide bonds. The van der Waals surface area contributed by atoms with Gasteiger partial charge in [-0.1, -0.05) is 25.6 Å². The van der Waals surface area contributed by atoms with Gasteiger partial charge in [0, 0.05) is 11.3 Å². The quantitative estimate of drug-likeness (QED) is 0.745. The first-order valence-corrected chi connectivity index (χ1v) is 8.48. The van der Waals surface area contributed by atoms with Crippen molar-refractivity contribution in [3.05, 3.63) is 5.82 Å². The predicted octanol–water partition coefficient (Wildman–Crippen LogP) is 2.69. The van der Waals surface area contributed by atoms with Crippen molar-refractivity contribution in [1.82, 2.24) is 14.8 Å². The summed E-state index contributed by atoms with van der Waals surface area (Å²) in [5.74, 6) is 0.0235. The van der Waals surface area contributed by atoms with E-state index in [1.165, 1.54) is 11.8 Å². The predicted molar refractivity (Wildman–Crippen MR) is 79.9 cm³/mol. The van der Waals surface area contributed by atoms with Crippen LogP contribution < -0.4 is 0 Å². The zero-order valence-corrected chi connectivity index (χ0v) is 13.5. The SMILES string of the molecule is CCC(CC)(Cn1c(C)nnc1SCC(=O)O)SC.